The zero-order valence-corrected chi connectivity index (χ0v) is 9.55. The Balaban J connectivity index is 2.07. The summed E-state index contributed by atoms with van der Waals surface area (Å²) in [6, 6.07) is 7.97. The van der Waals surface area contributed by atoms with Crippen molar-refractivity contribution in [3.63, 3.8) is 0 Å². The van der Waals surface area contributed by atoms with Crippen LogP contribution in [0, 0.1) is 0 Å². The fraction of sp³-hybridized carbons (Fsp3) is 0.417. The molecule has 1 aromatic carbocycles. The van der Waals surface area contributed by atoms with Crippen molar-refractivity contribution in [3.8, 4) is 5.75 Å². The number of rotatable bonds is 3. The van der Waals surface area contributed by atoms with Crippen LogP contribution in [0.5, 0.6) is 5.75 Å². The van der Waals surface area contributed by atoms with Gasteiger partial charge in [-0.25, -0.2) is 0 Å². The first-order valence-corrected chi connectivity index (χ1v) is 5.99. The summed E-state index contributed by atoms with van der Waals surface area (Å²) >= 11 is 1.76. The monoisotopic (exact) mass is 222 g/mol. The molecule has 1 fully saturated rings. The molecule has 0 amide bonds. The number of hydrogen-bond acceptors (Lipinski definition) is 3. The number of para-hydroxylation sites is 1. The molecule has 15 heavy (non-hydrogen) atoms. The van der Waals surface area contributed by atoms with Gasteiger partial charge >= 0.3 is 0 Å². The van der Waals surface area contributed by atoms with Crippen LogP contribution < -0.4 is 4.74 Å². The molecule has 0 radical (unpaired) electrons. The molecule has 1 aliphatic rings. The molecule has 0 aromatic heterocycles. The molecule has 1 atom stereocenters. The smallest absolute Gasteiger partial charge is 0.134 e. The van der Waals surface area contributed by atoms with Crippen molar-refractivity contribution in [2.75, 3.05) is 7.11 Å². The minimum absolute atomic E-state index is 0.391. The SMILES string of the molecule is COc1ccccc1SC1CCC(=O)C1. The van der Waals surface area contributed by atoms with E-state index in [9.17, 15) is 4.79 Å². The Kier molecular flexibility index (Phi) is 3.31. The fourth-order valence-corrected chi connectivity index (χ4v) is 3.07. The molecule has 3 heteroatoms. The van der Waals surface area contributed by atoms with E-state index in [0.29, 0.717) is 17.5 Å². The predicted molar refractivity (Wildman–Crippen MR) is 61.5 cm³/mol. The standard InChI is InChI=1S/C12H14O2S/c1-14-11-4-2-3-5-12(11)15-10-7-6-9(13)8-10/h2-5,10H,6-8H2,1H3. The number of hydrogen-bond donors (Lipinski definition) is 0. The third-order valence-corrected chi connectivity index (χ3v) is 3.89. The van der Waals surface area contributed by atoms with Crippen LogP contribution in [-0.2, 0) is 4.79 Å². The molecule has 1 aliphatic carbocycles. The van der Waals surface area contributed by atoms with E-state index in [0.717, 1.165) is 23.5 Å². The van der Waals surface area contributed by atoms with Gasteiger partial charge in [0.25, 0.3) is 0 Å². The lowest BCUT2D eigenvalue weighted by atomic mass is 10.3. The molecule has 2 nitrogen and oxygen atoms in total. The molecular formula is C12H14O2S. The van der Waals surface area contributed by atoms with Crippen molar-refractivity contribution in [3.05, 3.63) is 24.3 Å². The van der Waals surface area contributed by atoms with Crippen molar-refractivity contribution in [1.82, 2.24) is 0 Å². The van der Waals surface area contributed by atoms with Crippen LogP contribution >= 0.6 is 11.8 Å². The van der Waals surface area contributed by atoms with E-state index in [1.807, 2.05) is 24.3 Å². The van der Waals surface area contributed by atoms with E-state index < -0.39 is 0 Å². The molecule has 0 aliphatic heterocycles. The minimum atomic E-state index is 0.391. The van der Waals surface area contributed by atoms with Crippen LogP contribution in [0.25, 0.3) is 0 Å². The topological polar surface area (TPSA) is 26.3 Å². The van der Waals surface area contributed by atoms with Crippen LogP contribution in [0.15, 0.2) is 29.2 Å². The number of Topliss-reactive ketones (excluding diaryl/α,β-unsaturated/α-hetero) is 1. The molecule has 1 saturated carbocycles. The lowest BCUT2D eigenvalue weighted by Gasteiger charge is -2.11. The summed E-state index contributed by atoms with van der Waals surface area (Å²) in [4.78, 5) is 12.3. The second-order valence-corrected chi connectivity index (χ2v) is 5.01. The van der Waals surface area contributed by atoms with Gasteiger partial charge in [-0.3, -0.25) is 4.79 Å². The van der Waals surface area contributed by atoms with Gasteiger partial charge in [0.15, 0.2) is 0 Å². The molecule has 0 heterocycles. The predicted octanol–water partition coefficient (Wildman–Crippen LogP) is 2.91. The third kappa shape index (κ3) is 2.53. The summed E-state index contributed by atoms with van der Waals surface area (Å²) in [5.41, 5.74) is 0. The summed E-state index contributed by atoms with van der Waals surface area (Å²) in [6.07, 6.45) is 2.46. The molecule has 80 valence electrons. The van der Waals surface area contributed by atoms with E-state index in [1.165, 1.54) is 0 Å². The number of methoxy groups -OCH3 is 1. The first kappa shape index (κ1) is 10.6. The number of thioether (sulfide) groups is 1. The summed E-state index contributed by atoms with van der Waals surface area (Å²) in [7, 11) is 1.68. The van der Waals surface area contributed by atoms with Gasteiger partial charge in [-0.05, 0) is 18.6 Å². The molecule has 1 aromatic rings. The molecule has 1 unspecified atom stereocenters. The van der Waals surface area contributed by atoms with E-state index in [2.05, 4.69) is 0 Å². The Labute approximate surface area is 94.0 Å². The molecule has 0 N–H and O–H groups in total. The Morgan fingerprint density at radius 2 is 2.20 bits per heavy atom. The van der Waals surface area contributed by atoms with E-state index in [4.69, 9.17) is 4.74 Å². The number of carbonyl (C=O) groups excluding carboxylic acids is 1. The van der Waals surface area contributed by atoms with Crippen molar-refractivity contribution >= 4 is 17.5 Å². The molecule has 2 rings (SSSR count). The summed E-state index contributed by atoms with van der Waals surface area (Å²) in [5, 5.41) is 0.439. The lowest BCUT2D eigenvalue weighted by molar-refractivity contribution is -0.117. The van der Waals surface area contributed by atoms with Crippen molar-refractivity contribution < 1.29 is 9.53 Å². The number of carbonyl (C=O) groups is 1. The third-order valence-electron chi connectivity index (χ3n) is 2.56. The van der Waals surface area contributed by atoms with Crippen molar-refractivity contribution in [2.24, 2.45) is 0 Å². The van der Waals surface area contributed by atoms with Gasteiger partial charge in [-0.2, -0.15) is 0 Å². The Hall–Kier alpha value is -0.960. The average molecular weight is 222 g/mol. The average Bonchev–Trinajstić information content (AvgIpc) is 2.65. The Bertz CT molecular complexity index is 362. The zero-order valence-electron chi connectivity index (χ0n) is 8.73. The summed E-state index contributed by atoms with van der Waals surface area (Å²) < 4.78 is 5.28. The fourth-order valence-electron chi connectivity index (χ4n) is 1.78. The highest BCUT2D eigenvalue weighted by Crippen LogP contribution is 2.37. The molecule has 0 bridgehead atoms. The van der Waals surface area contributed by atoms with Gasteiger partial charge in [0.05, 0.1) is 7.11 Å². The highest BCUT2D eigenvalue weighted by atomic mass is 32.2. The molecule has 0 saturated heterocycles. The van der Waals surface area contributed by atoms with Gasteiger partial charge in [0, 0.05) is 23.0 Å². The van der Waals surface area contributed by atoms with Crippen LogP contribution in [0.4, 0.5) is 0 Å². The zero-order chi connectivity index (χ0) is 10.7. The number of ketones is 1. The van der Waals surface area contributed by atoms with Crippen molar-refractivity contribution in [1.29, 1.82) is 0 Å². The Morgan fingerprint density at radius 1 is 1.40 bits per heavy atom. The molecule has 0 spiro atoms. The summed E-state index contributed by atoms with van der Waals surface area (Å²) in [6.45, 7) is 0. The first-order valence-electron chi connectivity index (χ1n) is 5.11. The highest BCUT2D eigenvalue weighted by Gasteiger charge is 2.23. The van der Waals surface area contributed by atoms with Crippen LogP contribution in [0.1, 0.15) is 19.3 Å². The second-order valence-electron chi connectivity index (χ2n) is 3.67. The van der Waals surface area contributed by atoms with E-state index >= 15 is 0 Å². The Morgan fingerprint density at radius 3 is 2.87 bits per heavy atom. The van der Waals surface area contributed by atoms with Crippen LogP contribution in [0.3, 0.4) is 0 Å². The quantitative estimate of drug-likeness (QED) is 0.786. The minimum Gasteiger partial charge on any atom is -0.496 e. The van der Waals surface area contributed by atoms with Gasteiger partial charge in [-0.1, -0.05) is 12.1 Å². The van der Waals surface area contributed by atoms with Gasteiger partial charge in [0.2, 0.25) is 0 Å². The van der Waals surface area contributed by atoms with E-state index in [1.54, 1.807) is 18.9 Å². The molecular weight excluding hydrogens is 208 g/mol. The number of benzene rings is 1. The number of ether oxygens (including phenoxy) is 1. The van der Waals surface area contributed by atoms with Gasteiger partial charge in [0.1, 0.15) is 11.5 Å². The second kappa shape index (κ2) is 4.71. The maximum absolute atomic E-state index is 11.2. The normalized spacial score (nSPS) is 20.6. The van der Waals surface area contributed by atoms with Crippen LogP contribution in [0.2, 0.25) is 0 Å². The largest absolute Gasteiger partial charge is 0.496 e. The lowest BCUT2D eigenvalue weighted by Crippen LogP contribution is -1.97. The maximum atomic E-state index is 11.2. The summed E-state index contributed by atoms with van der Waals surface area (Å²) in [5.74, 6) is 1.30. The van der Waals surface area contributed by atoms with Crippen LogP contribution in [-0.4, -0.2) is 18.1 Å². The first-order chi connectivity index (χ1) is 7.29. The van der Waals surface area contributed by atoms with Gasteiger partial charge < -0.3 is 4.74 Å². The van der Waals surface area contributed by atoms with Gasteiger partial charge in [-0.15, -0.1) is 11.8 Å². The van der Waals surface area contributed by atoms with E-state index in [-0.39, 0.29) is 0 Å². The highest BCUT2D eigenvalue weighted by molar-refractivity contribution is 8.00. The maximum Gasteiger partial charge on any atom is 0.134 e. The van der Waals surface area contributed by atoms with Crippen molar-refractivity contribution in [2.45, 2.75) is 29.4 Å².